The molecule has 0 spiro atoms. The van der Waals surface area contributed by atoms with Crippen LogP contribution in [0.25, 0.3) is 11.2 Å². The summed E-state index contributed by atoms with van der Waals surface area (Å²) in [6.45, 7) is -0.0744. The van der Waals surface area contributed by atoms with Gasteiger partial charge < -0.3 is 9.88 Å². The molecule has 2 heterocycles. The van der Waals surface area contributed by atoms with Gasteiger partial charge in [0.05, 0.1) is 11.2 Å². The summed E-state index contributed by atoms with van der Waals surface area (Å²) in [6, 6.07) is 5.86. The Bertz CT molecular complexity index is 1060. The third-order valence-electron chi connectivity index (χ3n) is 3.28. The van der Waals surface area contributed by atoms with Crippen molar-refractivity contribution in [3.8, 4) is 0 Å². The molecule has 25 heavy (non-hydrogen) atoms. The Hall–Kier alpha value is -2.23. The molecule has 0 aliphatic carbocycles. The lowest BCUT2D eigenvalue weighted by Crippen LogP contribution is -2.18. The van der Waals surface area contributed by atoms with E-state index in [1.54, 1.807) is 0 Å². The zero-order chi connectivity index (χ0) is 18.2. The van der Waals surface area contributed by atoms with E-state index in [9.17, 15) is 13.2 Å². The molecule has 130 valence electrons. The van der Waals surface area contributed by atoms with E-state index in [2.05, 4.69) is 20.3 Å². The number of nitrogens with one attached hydrogen (secondary N) is 1. The lowest BCUT2D eigenvalue weighted by Gasteiger charge is -2.08. The minimum Gasteiger partial charge on any atom is -0.325 e. The van der Waals surface area contributed by atoms with Crippen LogP contribution in [-0.2, 0) is 21.2 Å². The summed E-state index contributed by atoms with van der Waals surface area (Å²) in [4.78, 5) is 24.2. The Kier molecular flexibility index (Phi) is 4.63. The van der Waals surface area contributed by atoms with Crippen molar-refractivity contribution in [3.05, 3.63) is 41.0 Å². The molecule has 11 heteroatoms. The zero-order valence-corrected chi connectivity index (χ0v) is 15.1. The van der Waals surface area contributed by atoms with E-state index >= 15 is 0 Å². The molecule has 1 aromatic carbocycles. The van der Waals surface area contributed by atoms with Crippen LogP contribution in [0.4, 0.5) is 5.69 Å². The Labute approximate surface area is 152 Å². The highest BCUT2D eigenvalue weighted by Gasteiger charge is 2.14. The fraction of sp³-hybridized carbons (Fsp3) is 0.143. The number of amides is 1. The number of nitrogens with zero attached hydrogens (tertiary/aromatic N) is 4. The molecule has 0 saturated carbocycles. The number of hydrogen-bond acceptors (Lipinski definition) is 6. The third kappa shape index (κ3) is 3.89. The predicted octanol–water partition coefficient (Wildman–Crippen LogP) is 2.18. The summed E-state index contributed by atoms with van der Waals surface area (Å²) in [5.41, 5.74) is 1.15. The van der Waals surface area contributed by atoms with Crippen LogP contribution in [0.2, 0.25) is 10.4 Å². The van der Waals surface area contributed by atoms with Crippen molar-refractivity contribution in [1.29, 1.82) is 0 Å². The quantitative estimate of drug-likeness (QED) is 0.532. The van der Waals surface area contributed by atoms with Gasteiger partial charge in [0.1, 0.15) is 12.1 Å². The number of imidazole rings is 1. The summed E-state index contributed by atoms with van der Waals surface area (Å²) < 4.78 is 24.3. The van der Waals surface area contributed by atoms with Crippen LogP contribution >= 0.6 is 23.2 Å². The summed E-state index contributed by atoms with van der Waals surface area (Å²) in [5, 5.41) is 2.73. The number of anilines is 1. The Morgan fingerprint density at radius 2 is 1.88 bits per heavy atom. The first-order valence-corrected chi connectivity index (χ1v) is 9.52. The van der Waals surface area contributed by atoms with Crippen LogP contribution in [0.3, 0.4) is 0 Å². The number of fused-ring (bicyclic) bond motifs is 1. The Morgan fingerprint density at radius 3 is 2.52 bits per heavy atom. The van der Waals surface area contributed by atoms with Gasteiger partial charge in [0.25, 0.3) is 0 Å². The molecular formula is C14H11Cl2N5O3S. The number of carbonyl (C=O) groups excluding carboxylic acids is 1. The van der Waals surface area contributed by atoms with Gasteiger partial charge in [-0.2, -0.15) is 4.98 Å². The molecule has 8 nitrogen and oxygen atoms in total. The molecule has 0 aliphatic heterocycles. The van der Waals surface area contributed by atoms with Gasteiger partial charge in [0, 0.05) is 11.9 Å². The molecule has 3 aromatic rings. The van der Waals surface area contributed by atoms with Crippen molar-refractivity contribution in [1.82, 2.24) is 19.5 Å². The molecule has 0 aliphatic rings. The van der Waals surface area contributed by atoms with Crippen molar-refractivity contribution in [2.24, 2.45) is 0 Å². The van der Waals surface area contributed by atoms with E-state index in [4.69, 9.17) is 23.2 Å². The Balaban J connectivity index is 1.77. The van der Waals surface area contributed by atoms with Gasteiger partial charge in [0.2, 0.25) is 11.2 Å². The van der Waals surface area contributed by atoms with Gasteiger partial charge in [0.15, 0.2) is 20.6 Å². The second-order valence-electron chi connectivity index (χ2n) is 5.17. The molecule has 2 aromatic heterocycles. The van der Waals surface area contributed by atoms with E-state index < -0.39 is 9.84 Å². The molecule has 0 fully saturated rings. The molecule has 0 saturated heterocycles. The van der Waals surface area contributed by atoms with Crippen molar-refractivity contribution in [3.63, 3.8) is 0 Å². The highest BCUT2D eigenvalue weighted by molar-refractivity contribution is 7.90. The largest absolute Gasteiger partial charge is 0.325 e. The van der Waals surface area contributed by atoms with Crippen molar-refractivity contribution < 1.29 is 13.2 Å². The van der Waals surface area contributed by atoms with Crippen LogP contribution in [0.15, 0.2) is 35.5 Å². The summed E-state index contributed by atoms with van der Waals surface area (Å²) in [6.07, 6.45) is 2.52. The van der Waals surface area contributed by atoms with Crippen LogP contribution in [0, 0.1) is 0 Å². The highest BCUT2D eigenvalue weighted by Crippen LogP contribution is 2.21. The van der Waals surface area contributed by atoms with Gasteiger partial charge >= 0.3 is 0 Å². The molecule has 1 amide bonds. The van der Waals surface area contributed by atoms with E-state index in [1.807, 2.05) is 0 Å². The number of halogens is 2. The van der Waals surface area contributed by atoms with Gasteiger partial charge in [-0.3, -0.25) is 4.79 Å². The van der Waals surface area contributed by atoms with E-state index in [0.717, 1.165) is 6.26 Å². The number of sulfone groups is 1. The van der Waals surface area contributed by atoms with Crippen LogP contribution in [0.1, 0.15) is 0 Å². The summed E-state index contributed by atoms with van der Waals surface area (Å²) in [7, 11) is -3.29. The third-order valence-corrected chi connectivity index (χ3v) is 4.84. The minimum absolute atomic E-state index is 0.0295. The molecule has 0 radical (unpaired) electrons. The van der Waals surface area contributed by atoms with E-state index in [1.165, 1.54) is 35.2 Å². The maximum absolute atomic E-state index is 12.2. The number of hydrogen-bond donors (Lipinski definition) is 1. The lowest BCUT2D eigenvalue weighted by molar-refractivity contribution is -0.116. The van der Waals surface area contributed by atoms with E-state index in [0.29, 0.717) is 11.2 Å². The van der Waals surface area contributed by atoms with Gasteiger partial charge in [-0.1, -0.05) is 11.6 Å². The first-order chi connectivity index (χ1) is 11.7. The Morgan fingerprint density at radius 1 is 1.20 bits per heavy atom. The highest BCUT2D eigenvalue weighted by atomic mass is 35.5. The van der Waals surface area contributed by atoms with E-state index in [-0.39, 0.29) is 33.4 Å². The molecule has 0 unspecified atom stereocenters. The van der Waals surface area contributed by atoms with Gasteiger partial charge in [-0.25, -0.2) is 18.4 Å². The molecule has 0 atom stereocenters. The second-order valence-corrected chi connectivity index (χ2v) is 7.88. The lowest BCUT2D eigenvalue weighted by atomic mass is 10.3. The fourth-order valence-electron chi connectivity index (χ4n) is 2.17. The van der Waals surface area contributed by atoms with Crippen molar-refractivity contribution >= 4 is 55.8 Å². The van der Waals surface area contributed by atoms with Crippen molar-refractivity contribution in [2.45, 2.75) is 11.4 Å². The zero-order valence-electron chi connectivity index (χ0n) is 12.8. The first kappa shape index (κ1) is 17.6. The van der Waals surface area contributed by atoms with Crippen molar-refractivity contribution in [2.75, 3.05) is 11.6 Å². The average molecular weight is 400 g/mol. The SMILES string of the molecule is CS(=O)(=O)c1ccc(NC(=O)Cn2cnc3nc(Cl)nc(Cl)c32)cc1. The number of benzene rings is 1. The minimum atomic E-state index is -3.29. The van der Waals surface area contributed by atoms with Gasteiger partial charge in [-0.15, -0.1) is 0 Å². The molecule has 0 bridgehead atoms. The topological polar surface area (TPSA) is 107 Å². The maximum atomic E-state index is 12.2. The summed E-state index contributed by atoms with van der Waals surface area (Å²) in [5.74, 6) is -0.350. The first-order valence-electron chi connectivity index (χ1n) is 6.88. The molecule has 1 N–H and O–H groups in total. The molecular weight excluding hydrogens is 389 g/mol. The predicted molar refractivity (Wildman–Crippen MR) is 93.5 cm³/mol. The van der Waals surface area contributed by atoms with Crippen LogP contribution in [0.5, 0.6) is 0 Å². The van der Waals surface area contributed by atoms with Gasteiger partial charge in [-0.05, 0) is 35.9 Å². The normalized spacial score (nSPS) is 11.6. The summed E-state index contributed by atoms with van der Waals surface area (Å²) >= 11 is 11.7. The standard InChI is InChI=1S/C14H11Cl2N5O3S/c1-25(23,24)9-4-2-8(3-5-9)18-10(22)6-21-7-17-13-11(21)12(15)19-14(16)20-13/h2-5,7H,6H2,1H3,(H,18,22). The second kappa shape index (κ2) is 6.58. The molecule has 3 rings (SSSR count). The maximum Gasteiger partial charge on any atom is 0.244 e. The number of carbonyl (C=O) groups is 1. The van der Waals surface area contributed by atoms with Crippen LogP contribution in [-0.4, -0.2) is 40.1 Å². The fourth-order valence-corrected chi connectivity index (χ4v) is 3.28. The number of aromatic nitrogens is 4. The number of rotatable bonds is 4. The van der Waals surface area contributed by atoms with Crippen LogP contribution < -0.4 is 5.32 Å². The average Bonchev–Trinajstić information content (AvgIpc) is 2.89. The monoisotopic (exact) mass is 399 g/mol. The smallest absolute Gasteiger partial charge is 0.244 e.